The number of fused-ring (bicyclic) bond motifs is 1. The third-order valence-electron chi connectivity index (χ3n) is 3.95. The van der Waals surface area contributed by atoms with Crippen LogP contribution in [0.25, 0.3) is 11.0 Å². The fourth-order valence-electron chi connectivity index (χ4n) is 2.26. The van der Waals surface area contributed by atoms with E-state index in [1.165, 1.54) is 0 Å². The Kier molecular flexibility index (Phi) is 4.27. The minimum atomic E-state index is -0.0846. The number of nitrogens with two attached hydrogens (primary N) is 1. The van der Waals surface area contributed by atoms with Gasteiger partial charge < -0.3 is 15.1 Å². The molecule has 0 amide bonds. The summed E-state index contributed by atoms with van der Waals surface area (Å²) in [6, 6.07) is 10.5. The van der Waals surface area contributed by atoms with E-state index in [9.17, 15) is 0 Å². The summed E-state index contributed by atoms with van der Waals surface area (Å²) in [5.41, 5.74) is 7.17. The molecule has 0 aliphatic rings. The van der Waals surface area contributed by atoms with Gasteiger partial charge in [0.25, 0.3) is 0 Å². The van der Waals surface area contributed by atoms with Crippen molar-refractivity contribution in [1.29, 1.82) is 0 Å². The van der Waals surface area contributed by atoms with Crippen LogP contribution in [-0.4, -0.2) is 24.5 Å². The van der Waals surface area contributed by atoms with E-state index in [1.54, 1.807) is 0 Å². The molecule has 104 valence electrons. The summed E-state index contributed by atoms with van der Waals surface area (Å²) in [6.45, 7) is 7.50. The highest BCUT2D eigenvalue weighted by Crippen LogP contribution is 2.23. The lowest BCUT2D eigenvalue weighted by Crippen LogP contribution is -2.38. The predicted octanol–water partition coefficient (Wildman–Crippen LogP) is 3.41. The van der Waals surface area contributed by atoms with Gasteiger partial charge in [0.05, 0.1) is 6.04 Å². The number of furan rings is 1. The minimum Gasteiger partial charge on any atom is -0.459 e. The molecule has 2 aromatic rings. The summed E-state index contributed by atoms with van der Waals surface area (Å²) in [5, 5.41) is 1.12. The number of rotatable bonds is 5. The number of likely N-dealkylation sites (N-methyl/N-ethyl adjacent to an activating group) is 1. The second-order valence-electron chi connectivity index (χ2n) is 5.72. The Morgan fingerprint density at radius 3 is 2.53 bits per heavy atom. The molecular weight excluding hydrogens is 236 g/mol. The Morgan fingerprint density at radius 2 is 1.89 bits per heavy atom. The highest BCUT2D eigenvalue weighted by molar-refractivity contribution is 5.77. The van der Waals surface area contributed by atoms with Gasteiger partial charge in [0.2, 0.25) is 0 Å². The van der Waals surface area contributed by atoms with E-state index in [1.807, 2.05) is 24.3 Å². The van der Waals surface area contributed by atoms with Crippen LogP contribution in [0.2, 0.25) is 0 Å². The van der Waals surface area contributed by atoms with Crippen molar-refractivity contribution in [2.24, 2.45) is 11.7 Å². The predicted molar refractivity (Wildman–Crippen MR) is 80.1 cm³/mol. The number of para-hydroxylation sites is 1. The molecule has 1 aromatic heterocycles. The molecule has 0 aliphatic heterocycles. The molecule has 0 fully saturated rings. The Labute approximate surface area is 115 Å². The van der Waals surface area contributed by atoms with Crippen LogP contribution in [0.1, 0.15) is 32.6 Å². The monoisotopic (exact) mass is 260 g/mol. The van der Waals surface area contributed by atoms with Gasteiger partial charge in [0.15, 0.2) is 0 Å². The molecule has 0 spiro atoms. The molecule has 0 saturated heterocycles. The van der Waals surface area contributed by atoms with Crippen LogP contribution in [0.5, 0.6) is 0 Å². The van der Waals surface area contributed by atoms with Crippen molar-refractivity contribution >= 4 is 11.0 Å². The first-order valence-corrected chi connectivity index (χ1v) is 6.93. The molecule has 0 aliphatic carbocycles. The summed E-state index contributed by atoms with van der Waals surface area (Å²) in [5.74, 6) is 1.48. The van der Waals surface area contributed by atoms with E-state index in [4.69, 9.17) is 10.2 Å². The van der Waals surface area contributed by atoms with Crippen molar-refractivity contribution in [2.45, 2.75) is 32.9 Å². The molecule has 1 heterocycles. The van der Waals surface area contributed by atoms with Crippen molar-refractivity contribution in [2.75, 3.05) is 13.6 Å². The van der Waals surface area contributed by atoms with E-state index in [0.717, 1.165) is 23.3 Å². The van der Waals surface area contributed by atoms with E-state index in [2.05, 4.69) is 38.8 Å². The normalized spacial score (nSPS) is 15.3. The number of hydrogen-bond acceptors (Lipinski definition) is 3. The zero-order valence-electron chi connectivity index (χ0n) is 12.3. The second-order valence-corrected chi connectivity index (χ2v) is 5.72. The van der Waals surface area contributed by atoms with Gasteiger partial charge in [-0.1, -0.05) is 32.0 Å². The first kappa shape index (κ1) is 14.1. The highest BCUT2D eigenvalue weighted by Gasteiger charge is 2.19. The van der Waals surface area contributed by atoms with Crippen LogP contribution in [0, 0.1) is 5.92 Å². The fourth-order valence-corrected chi connectivity index (χ4v) is 2.26. The van der Waals surface area contributed by atoms with Crippen LogP contribution in [0.3, 0.4) is 0 Å². The number of hydrogen-bond donors (Lipinski definition) is 1. The largest absolute Gasteiger partial charge is 0.459 e. The quantitative estimate of drug-likeness (QED) is 0.895. The average Bonchev–Trinajstić information content (AvgIpc) is 2.81. The average molecular weight is 260 g/mol. The Balaban J connectivity index is 2.09. The van der Waals surface area contributed by atoms with E-state index >= 15 is 0 Å². The fraction of sp³-hybridized carbons (Fsp3) is 0.500. The lowest BCUT2D eigenvalue weighted by molar-refractivity contribution is 0.192. The first-order chi connectivity index (χ1) is 8.99. The Bertz CT molecular complexity index is 499. The van der Waals surface area contributed by atoms with Crippen LogP contribution in [0.15, 0.2) is 34.7 Å². The summed E-state index contributed by atoms with van der Waals surface area (Å²) in [7, 11) is 2.12. The van der Waals surface area contributed by atoms with Gasteiger partial charge in [-0.2, -0.15) is 0 Å². The lowest BCUT2D eigenvalue weighted by atomic mass is 10.0. The van der Waals surface area contributed by atoms with Crippen molar-refractivity contribution in [3.63, 3.8) is 0 Å². The summed E-state index contributed by atoms with van der Waals surface area (Å²) >= 11 is 0. The molecule has 3 heteroatoms. The molecule has 19 heavy (non-hydrogen) atoms. The van der Waals surface area contributed by atoms with Gasteiger partial charge in [-0.3, -0.25) is 0 Å². The summed E-state index contributed by atoms with van der Waals surface area (Å²) in [6.07, 6.45) is 0. The van der Waals surface area contributed by atoms with Gasteiger partial charge in [0, 0.05) is 18.0 Å². The second kappa shape index (κ2) is 5.76. The lowest BCUT2D eigenvalue weighted by Gasteiger charge is -2.29. The summed E-state index contributed by atoms with van der Waals surface area (Å²) < 4.78 is 5.82. The maximum absolute atomic E-state index is 6.26. The standard InChI is InChI=1S/C16H24N2O/c1-11(2)12(3)18(4)10-14(17)16-9-13-7-5-6-8-15(13)19-16/h5-9,11-12,14H,10,17H2,1-4H3. The molecule has 2 unspecified atom stereocenters. The van der Waals surface area contributed by atoms with Crippen molar-refractivity contribution < 1.29 is 4.42 Å². The van der Waals surface area contributed by atoms with Crippen molar-refractivity contribution in [1.82, 2.24) is 4.90 Å². The van der Waals surface area contributed by atoms with Crippen molar-refractivity contribution in [3.05, 3.63) is 36.1 Å². The molecule has 2 N–H and O–H groups in total. The third kappa shape index (κ3) is 3.17. The molecular formula is C16H24N2O. The van der Waals surface area contributed by atoms with Crippen LogP contribution < -0.4 is 5.73 Å². The van der Waals surface area contributed by atoms with E-state index < -0.39 is 0 Å². The smallest absolute Gasteiger partial charge is 0.134 e. The molecule has 0 bridgehead atoms. The van der Waals surface area contributed by atoms with E-state index in [-0.39, 0.29) is 6.04 Å². The van der Waals surface area contributed by atoms with Crippen LogP contribution >= 0.6 is 0 Å². The zero-order valence-corrected chi connectivity index (χ0v) is 12.3. The number of nitrogens with zero attached hydrogens (tertiary/aromatic N) is 1. The maximum Gasteiger partial charge on any atom is 0.134 e. The van der Waals surface area contributed by atoms with Gasteiger partial charge >= 0.3 is 0 Å². The van der Waals surface area contributed by atoms with Gasteiger partial charge in [0.1, 0.15) is 11.3 Å². The summed E-state index contributed by atoms with van der Waals surface area (Å²) in [4.78, 5) is 2.29. The SMILES string of the molecule is CC(C)C(C)N(C)CC(N)c1cc2ccccc2o1. The van der Waals surface area contributed by atoms with Crippen molar-refractivity contribution in [3.8, 4) is 0 Å². The molecule has 0 radical (unpaired) electrons. The third-order valence-corrected chi connectivity index (χ3v) is 3.95. The Hall–Kier alpha value is -1.32. The maximum atomic E-state index is 6.26. The Morgan fingerprint density at radius 1 is 1.21 bits per heavy atom. The van der Waals surface area contributed by atoms with Crippen LogP contribution in [-0.2, 0) is 0 Å². The zero-order chi connectivity index (χ0) is 14.0. The van der Waals surface area contributed by atoms with Gasteiger partial charge in [-0.25, -0.2) is 0 Å². The van der Waals surface area contributed by atoms with Crippen LogP contribution in [0.4, 0.5) is 0 Å². The molecule has 2 rings (SSSR count). The highest BCUT2D eigenvalue weighted by atomic mass is 16.3. The first-order valence-electron chi connectivity index (χ1n) is 6.93. The van der Waals surface area contributed by atoms with Gasteiger partial charge in [-0.05, 0) is 32.0 Å². The molecule has 0 saturated carbocycles. The minimum absolute atomic E-state index is 0.0846. The van der Waals surface area contributed by atoms with Gasteiger partial charge in [-0.15, -0.1) is 0 Å². The molecule has 1 aromatic carbocycles. The van der Waals surface area contributed by atoms with E-state index in [0.29, 0.717) is 12.0 Å². The molecule has 3 nitrogen and oxygen atoms in total. The topological polar surface area (TPSA) is 42.4 Å². The molecule has 2 atom stereocenters. The number of benzene rings is 1.